The number of methoxy groups -OCH3 is 1. The van der Waals surface area contributed by atoms with Crippen LogP contribution in [0, 0.1) is 11.3 Å². The van der Waals surface area contributed by atoms with Crippen molar-refractivity contribution >= 4 is 0 Å². The highest BCUT2D eigenvalue weighted by molar-refractivity contribution is 5.45. The summed E-state index contributed by atoms with van der Waals surface area (Å²) >= 11 is 0. The van der Waals surface area contributed by atoms with Gasteiger partial charge in [-0.2, -0.15) is 0 Å². The number of hydrogen-bond acceptors (Lipinski definition) is 3. The highest BCUT2D eigenvalue weighted by Gasteiger charge is 2.21. The number of ether oxygens (including phenoxy) is 1. The molecule has 1 aromatic rings. The average molecular weight is 251 g/mol. The maximum Gasteiger partial charge on any atom is 0.162 e. The van der Waals surface area contributed by atoms with Crippen LogP contribution in [0.25, 0.3) is 0 Å². The Morgan fingerprint density at radius 1 is 1.33 bits per heavy atom. The van der Waals surface area contributed by atoms with E-state index in [0.29, 0.717) is 18.2 Å². The Bertz CT molecular complexity index is 386. The molecule has 0 radical (unpaired) electrons. The Labute approximate surface area is 110 Å². The summed E-state index contributed by atoms with van der Waals surface area (Å²) in [4.78, 5) is 0. The average Bonchev–Trinajstić information content (AvgIpc) is 2.31. The van der Waals surface area contributed by atoms with E-state index < -0.39 is 0 Å². The largest absolute Gasteiger partial charge is 0.504 e. The van der Waals surface area contributed by atoms with Crippen molar-refractivity contribution in [3.63, 3.8) is 0 Å². The van der Waals surface area contributed by atoms with E-state index in [1.165, 1.54) is 0 Å². The third kappa shape index (κ3) is 3.64. The summed E-state index contributed by atoms with van der Waals surface area (Å²) in [6.07, 6.45) is 0. The van der Waals surface area contributed by atoms with Crippen LogP contribution in [0.4, 0.5) is 0 Å². The molecule has 0 heterocycles. The van der Waals surface area contributed by atoms with Crippen LogP contribution in [0.5, 0.6) is 11.5 Å². The van der Waals surface area contributed by atoms with Crippen LogP contribution in [0.15, 0.2) is 18.2 Å². The number of hydrogen-bond donors (Lipinski definition) is 2. The second kappa shape index (κ2) is 6.10. The lowest BCUT2D eigenvalue weighted by Gasteiger charge is -2.29. The Balaban J connectivity index is 2.60. The molecule has 0 fully saturated rings. The van der Waals surface area contributed by atoms with Gasteiger partial charge in [-0.3, -0.25) is 0 Å². The van der Waals surface area contributed by atoms with Crippen molar-refractivity contribution in [3.05, 3.63) is 23.8 Å². The van der Waals surface area contributed by atoms with Crippen molar-refractivity contribution in [1.82, 2.24) is 5.32 Å². The number of para-hydroxylation sites is 1. The molecule has 0 atom stereocenters. The number of rotatable bonds is 6. The van der Waals surface area contributed by atoms with E-state index in [1.54, 1.807) is 13.2 Å². The molecule has 1 rings (SSSR count). The molecule has 18 heavy (non-hydrogen) atoms. The highest BCUT2D eigenvalue weighted by atomic mass is 16.5. The topological polar surface area (TPSA) is 41.5 Å². The van der Waals surface area contributed by atoms with Crippen LogP contribution in [0.1, 0.15) is 33.3 Å². The Morgan fingerprint density at radius 3 is 2.56 bits per heavy atom. The Morgan fingerprint density at radius 2 is 2.00 bits per heavy atom. The van der Waals surface area contributed by atoms with Gasteiger partial charge >= 0.3 is 0 Å². The van der Waals surface area contributed by atoms with Gasteiger partial charge in [-0.05, 0) is 17.4 Å². The van der Waals surface area contributed by atoms with E-state index in [2.05, 4.69) is 33.0 Å². The summed E-state index contributed by atoms with van der Waals surface area (Å²) in [6, 6.07) is 5.56. The summed E-state index contributed by atoms with van der Waals surface area (Å²) in [5.41, 5.74) is 1.11. The molecule has 0 unspecified atom stereocenters. The Kier molecular flexibility index (Phi) is 5.03. The number of benzene rings is 1. The van der Waals surface area contributed by atoms with Gasteiger partial charge in [-0.25, -0.2) is 0 Å². The fourth-order valence-corrected chi connectivity index (χ4v) is 1.60. The van der Waals surface area contributed by atoms with Crippen LogP contribution in [0.2, 0.25) is 0 Å². The molecule has 2 N–H and O–H groups in total. The van der Waals surface area contributed by atoms with Gasteiger partial charge in [-0.1, -0.05) is 39.8 Å². The predicted molar refractivity (Wildman–Crippen MR) is 75.0 cm³/mol. The number of phenolic OH excluding ortho intramolecular Hbond substituents is 1. The van der Waals surface area contributed by atoms with E-state index in [0.717, 1.165) is 12.1 Å². The van der Waals surface area contributed by atoms with E-state index in [9.17, 15) is 5.11 Å². The fourth-order valence-electron chi connectivity index (χ4n) is 1.60. The summed E-state index contributed by atoms with van der Waals surface area (Å²) in [7, 11) is 1.56. The van der Waals surface area contributed by atoms with Crippen LogP contribution in [0.3, 0.4) is 0 Å². The van der Waals surface area contributed by atoms with Crippen molar-refractivity contribution in [2.45, 2.75) is 34.2 Å². The Hall–Kier alpha value is -1.22. The normalized spacial score (nSPS) is 11.9. The van der Waals surface area contributed by atoms with Crippen molar-refractivity contribution < 1.29 is 9.84 Å². The predicted octanol–water partition coefficient (Wildman–Crippen LogP) is 3.17. The lowest BCUT2D eigenvalue weighted by atomic mass is 9.81. The zero-order valence-electron chi connectivity index (χ0n) is 12.1. The molecule has 0 saturated carbocycles. The molecule has 0 saturated heterocycles. The highest BCUT2D eigenvalue weighted by Crippen LogP contribution is 2.29. The second-order valence-electron chi connectivity index (χ2n) is 5.71. The standard InChI is InChI=1S/C15H25NO2/c1-11(2)15(3,4)10-16-9-12-7-6-8-13(18-5)14(12)17/h6-8,11,16-17H,9-10H2,1-5H3. The first-order valence-corrected chi connectivity index (χ1v) is 6.44. The zero-order valence-corrected chi connectivity index (χ0v) is 12.1. The molecule has 0 aliphatic heterocycles. The molecule has 3 heteroatoms. The summed E-state index contributed by atoms with van der Waals surface area (Å²) in [6.45, 7) is 10.5. The molecule has 102 valence electrons. The van der Waals surface area contributed by atoms with Gasteiger partial charge in [-0.15, -0.1) is 0 Å². The van der Waals surface area contributed by atoms with E-state index >= 15 is 0 Å². The van der Waals surface area contributed by atoms with Gasteiger partial charge in [0.25, 0.3) is 0 Å². The van der Waals surface area contributed by atoms with Crippen molar-refractivity contribution in [3.8, 4) is 11.5 Å². The third-order valence-electron chi connectivity index (χ3n) is 3.76. The van der Waals surface area contributed by atoms with Gasteiger partial charge in [0.1, 0.15) is 0 Å². The SMILES string of the molecule is COc1cccc(CNCC(C)(C)C(C)C)c1O. The minimum Gasteiger partial charge on any atom is -0.504 e. The van der Waals surface area contributed by atoms with Gasteiger partial charge in [0.05, 0.1) is 7.11 Å². The van der Waals surface area contributed by atoms with Crippen molar-refractivity contribution in [2.75, 3.05) is 13.7 Å². The van der Waals surface area contributed by atoms with Crippen LogP contribution < -0.4 is 10.1 Å². The minimum absolute atomic E-state index is 0.231. The molecule has 0 amide bonds. The number of phenols is 1. The quantitative estimate of drug-likeness (QED) is 0.816. The van der Waals surface area contributed by atoms with Gasteiger partial charge < -0.3 is 15.2 Å². The first kappa shape index (κ1) is 14.8. The molecule has 0 aliphatic carbocycles. The molecule has 0 bridgehead atoms. The van der Waals surface area contributed by atoms with Gasteiger partial charge in [0, 0.05) is 18.7 Å². The van der Waals surface area contributed by atoms with Crippen LogP contribution >= 0.6 is 0 Å². The monoisotopic (exact) mass is 251 g/mol. The summed E-state index contributed by atoms with van der Waals surface area (Å²) in [5.74, 6) is 1.37. The van der Waals surface area contributed by atoms with Gasteiger partial charge in [0.15, 0.2) is 11.5 Å². The van der Waals surface area contributed by atoms with Crippen LogP contribution in [-0.4, -0.2) is 18.8 Å². The minimum atomic E-state index is 0.231. The molecule has 0 aliphatic rings. The number of nitrogens with one attached hydrogen (secondary N) is 1. The molecule has 0 aromatic heterocycles. The summed E-state index contributed by atoms with van der Waals surface area (Å²) in [5, 5.41) is 13.4. The smallest absolute Gasteiger partial charge is 0.162 e. The molecule has 1 aromatic carbocycles. The fraction of sp³-hybridized carbons (Fsp3) is 0.600. The summed E-state index contributed by atoms with van der Waals surface area (Å²) < 4.78 is 5.09. The molecule has 3 nitrogen and oxygen atoms in total. The lowest BCUT2D eigenvalue weighted by molar-refractivity contribution is 0.237. The zero-order chi connectivity index (χ0) is 13.8. The second-order valence-corrected chi connectivity index (χ2v) is 5.71. The van der Waals surface area contributed by atoms with E-state index in [4.69, 9.17) is 4.74 Å². The first-order valence-electron chi connectivity index (χ1n) is 6.44. The first-order chi connectivity index (χ1) is 8.38. The maximum atomic E-state index is 9.96. The van der Waals surface area contributed by atoms with E-state index in [-0.39, 0.29) is 11.2 Å². The molecular weight excluding hydrogens is 226 g/mol. The van der Waals surface area contributed by atoms with Gasteiger partial charge in [0.2, 0.25) is 0 Å². The number of aromatic hydroxyl groups is 1. The van der Waals surface area contributed by atoms with Crippen LogP contribution in [-0.2, 0) is 6.54 Å². The third-order valence-corrected chi connectivity index (χ3v) is 3.76. The van der Waals surface area contributed by atoms with E-state index in [1.807, 2.05) is 12.1 Å². The maximum absolute atomic E-state index is 9.96. The molecular formula is C15H25NO2. The molecule has 0 spiro atoms. The van der Waals surface area contributed by atoms with Crippen molar-refractivity contribution in [2.24, 2.45) is 11.3 Å². The van der Waals surface area contributed by atoms with Crippen molar-refractivity contribution in [1.29, 1.82) is 0 Å². The lowest BCUT2D eigenvalue weighted by Crippen LogP contribution is -2.33.